The van der Waals surface area contributed by atoms with Crippen LogP contribution in [0.15, 0.2) is 75.5 Å². The molecule has 2 aliphatic carbocycles. The molecule has 0 spiro atoms. The Bertz CT molecular complexity index is 1440. The molecule has 2 saturated carbocycles. The zero-order valence-electron chi connectivity index (χ0n) is 23.6. The summed E-state index contributed by atoms with van der Waals surface area (Å²) in [5.74, 6) is 0.792. The largest absolute Gasteiger partial charge is 0.471 e. The molecule has 2 fully saturated rings. The van der Waals surface area contributed by atoms with Crippen LogP contribution in [-0.4, -0.2) is 29.2 Å². The number of aromatic nitrogens is 1. The fourth-order valence-corrected chi connectivity index (χ4v) is 7.10. The van der Waals surface area contributed by atoms with E-state index in [1.54, 1.807) is 13.2 Å². The van der Waals surface area contributed by atoms with Crippen molar-refractivity contribution in [3.05, 3.63) is 72.3 Å². The van der Waals surface area contributed by atoms with E-state index in [2.05, 4.69) is 27.3 Å². The average Bonchev–Trinajstić information content (AvgIpc) is 3.41. The van der Waals surface area contributed by atoms with Crippen LogP contribution in [0.4, 0.5) is 11.4 Å². The standard InChI is InChI=1S/C33H39N4O3/c1-23-16-17-30-31(20-23)40-33(34-30)25-18-19-39-32(21-25)36-35-26-10-9-15-29(22-26)37(24(2)38,27-11-5-3-6-12-27)28-13-7-4-8-14-28/h9-10,15-22,27-28,32H,3-8,11-14H2,1-2H3/q+1. The number of benzene rings is 2. The van der Waals surface area contributed by atoms with Gasteiger partial charge in [0.25, 0.3) is 0 Å². The second-order valence-electron chi connectivity index (χ2n) is 11.6. The number of fused-ring (bicyclic) bond motifs is 1. The molecular formula is C33H39N4O3+. The first kappa shape index (κ1) is 26.6. The number of hydrogen-bond donors (Lipinski definition) is 0. The number of rotatable bonds is 6. The Morgan fingerprint density at radius 3 is 2.38 bits per heavy atom. The van der Waals surface area contributed by atoms with Crippen molar-refractivity contribution in [1.29, 1.82) is 0 Å². The van der Waals surface area contributed by atoms with Crippen molar-refractivity contribution in [2.45, 2.75) is 96.4 Å². The van der Waals surface area contributed by atoms with Gasteiger partial charge in [-0.2, -0.15) is 5.11 Å². The van der Waals surface area contributed by atoms with Gasteiger partial charge in [-0.3, -0.25) is 0 Å². The van der Waals surface area contributed by atoms with Crippen molar-refractivity contribution < 1.29 is 13.9 Å². The van der Waals surface area contributed by atoms with Crippen LogP contribution in [-0.2, 0) is 9.53 Å². The monoisotopic (exact) mass is 539 g/mol. The number of oxazole rings is 1. The fraction of sp³-hybridized carbons (Fsp3) is 0.455. The third-order valence-corrected chi connectivity index (χ3v) is 8.94. The van der Waals surface area contributed by atoms with Gasteiger partial charge >= 0.3 is 5.91 Å². The SMILES string of the molecule is CC(=O)[N+](c1cccc(N=NC2C=C(c3nc4ccc(C)cc4o3)C=CO2)c1)(C1CCCCC1)C1CCCCC1. The third kappa shape index (κ3) is 5.15. The van der Waals surface area contributed by atoms with Crippen LogP contribution in [0.5, 0.6) is 0 Å². The van der Waals surface area contributed by atoms with Crippen LogP contribution in [0, 0.1) is 6.92 Å². The van der Waals surface area contributed by atoms with Gasteiger partial charge in [0.05, 0.1) is 18.9 Å². The van der Waals surface area contributed by atoms with Crippen molar-refractivity contribution in [3.63, 3.8) is 0 Å². The molecule has 2 heterocycles. The van der Waals surface area contributed by atoms with Crippen molar-refractivity contribution >= 4 is 34.0 Å². The molecule has 1 amide bonds. The van der Waals surface area contributed by atoms with Crippen molar-refractivity contribution in [1.82, 2.24) is 9.47 Å². The first-order chi connectivity index (χ1) is 19.5. The van der Waals surface area contributed by atoms with E-state index in [1.165, 1.54) is 38.5 Å². The zero-order chi connectivity index (χ0) is 27.5. The van der Waals surface area contributed by atoms with Gasteiger partial charge < -0.3 is 9.15 Å². The number of ether oxygens (including phenoxy) is 1. The third-order valence-electron chi connectivity index (χ3n) is 8.94. The summed E-state index contributed by atoms with van der Waals surface area (Å²) in [6.45, 7) is 3.84. The fourth-order valence-electron chi connectivity index (χ4n) is 7.10. The molecule has 40 heavy (non-hydrogen) atoms. The summed E-state index contributed by atoms with van der Waals surface area (Å²) < 4.78 is 12.2. The molecular weight excluding hydrogens is 500 g/mol. The van der Waals surface area contributed by atoms with Crippen LogP contribution in [0.3, 0.4) is 0 Å². The minimum Gasteiger partial charge on any atom is -0.471 e. The van der Waals surface area contributed by atoms with Crippen LogP contribution >= 0.6 is 0 Å². The van der Waals surface area contributed by atoms with E-state index < -0.39 is 6.23 Å². The first-order valence-corrected chi connectivity index (χ1v) is 14.9. The number of amides is 1. The molecule has 3 aromatic rings. The van der Waals surface area contributed by atoms with Crippen LogP contribution in [0.1, 0.15) is 82.6 Å². The van der Waals surface area contributed by atoms with Crippen LogP contribution < -0.4 is 4.48 Å². The Morgan fingerprint density at radius 1 is 0.950 bits per heavy atom. The molecule has 1 aromatic heterocycles. The summed E-state index contributed by atoms with van der Waals surface area (Å²) in [7, 11) is 0. The lowest BCUT2D eigenvalue weighted by molar-refractivity contribution is -0.134. The topological polar surface area (TPSA) is 77.0 Å². The van der Waals surface area contributed by atoms with Crippen molar-refractivity contribution in [2.75, 3.05) is 0 Å². The molecule has 1 atom stereocenters. The normalized spacial score (nSPS) is 21.1. The van der Waals surface area contributed by atoms with E-state index in [0.29, 0.717) is 22.5 Å². The Labute approximate surface area is 236 Å². The highest BCUT2D eigenvalue weighted by molar-refractivity contribution is 5.88. The highest BCUT2D eigenvalue weighted by Gasteiger charge is 2.50. The summed E-state index contributed by atoms with van der Waals surface area (Å²) in [6, 6.07) is 14.8. The van der Waals surface area contributed by atoms with E-state index >= 15 is 0 Å². The molecule has 7 heteroatoms. The van der Waals surface area contributed by atoms with Gasteiger partial charge in [-0.1, -0.05) is 25.0 Å². The summed E-state index contributed by atoms with van der Waals surface area (Å²) >= 11 is 0. The molecule has 6 rings (SSSR count). The molecule has 208 valence electrons. The second kappa shape index (κ2) is 11.5. The lowest BCUT2D eigenvalue weighted by Crippen LogP contribution is -2.66. The molecule has 0 radical (unpaired) electrons. The molecule has 0 bridgehead atoms. The Balaban J connectivity index is 1.29. The van der Waals surface area contributed by atoms with Gasteiger partial charge in [-0.15, -0.1) is 5.11 Å². The number of carbonyl (C=O) groups excluding carboxylic acids is 1. The lowest BCUT2D eigenvalue weighted by Gasteiger charge is -2.49. The van der Waals surface area contributed by atoms with Crippen molar-refractivity contribution in [3.8, 4) is 0 Å². The number of carbonyl (C=O) groups is 1. The Kier molecular flexibility index (Phi) is 7.65. The number of azo groups is 1. The van der Waals surface area contributed by atoms with Gasteiger partial charge in [0.2, 0.25) is 12.1 Å². The molecule has 1 unspecified atom stereocenters. The molecule has 1 aliphatic heterocycles. The average molecular weight is 540 g/mol. The predicted octanol–water partition coefficient (Wildman–Crippen LogP) is 8.69. The van der Waals surface area contributed by atoms with E-state index in [4.69, 9.17) is 9.15 Å². The Morgan fingerprint density at radius 2 is 1.68 bits per heavy atom. The number of aryl methyl sites for hydroxylation is 1. The number of nitrogens with zero attached hydrogens (tertiary/aromatic N) is 4. The van der Waals surface area contributed by atoms with Gasteiger partial charge in [0, 0.05) is 37.3 Å². The molecule has 3 aliphatic rings. The van der Waals surface area contributed by atoms with E-state index in [9.17, 15) is 4.79 Å². The number of hydrogen-bond acceptors (Lipinski definition) is 6. The smallest absolute Gasteiger partial charge is 0.316 e. The molecule has 7 nitrogen and oxygen atoms in total. The van der Waals surface area contributed by atoms with Gasteiger partial charge in [0.15, 0.2) is 5.58 Å². The molecule has 0 saturated heterocycles. The van der Waals surface area contributed by atoms with Gasteiger partial charge in [-0.25, -0.2) is 14.3 Å². The maximum atomic E-state index is 13.7. The van der Waals surface area contributed by atoms with E-state index in [-0.39, 0.29) is 5.91 Å². The van der Waals surface area contributed by atoms with Gasteiger partial charge in [0.1, 0.15) is 23.3 Å². The predicted molar refractivity (Wildman–Crippen MR) is 158 cm³/mol. The first-order valence-electron chi connectivity index (χ1n) is 14.9. The summed E-state index contributed by atoms with van der Waals surface area (Å²) in [6.07, 6.45) is 16.5. The summed E-state index contributed by atoms with van der Waals surface area (Å²) in [5, 5.41) is 9.09. The van der Waals surface area contributed by atoms with Crippen LogP contribution in [0.2, 0.25) is 0 Å². The minimum atomic E-state index is -0.593. The minimum absolute atomic E-state index is 0.259. The number of allylic oxidation sites excluding steroid dienone is 2. The Hall–Kier alpha value is -3.58. The maximum absolute atomic E-state index is 13.7. The summed E-state index contributed by atoms with van der Waals surface area (Å²) in [4.78, 5) is 18.3. The second-order valence-corrected chi connectivity index (χ2v) is 11.6. The van der Waals surface area contributed by atoms with E-state index in [1.807, 2.05) is 49.4 Å². The lowest BCUT2D eigenvalue weighted by atomic mass is 9.84. The van der Waals surface area contributed by atoms with Crippen LogP contribution in [0.25, 0.3) is 16.7 Å². The molecule has 2 aromatic carbocycles. The van der Waals surface area contributed by atoms with Crippen molar-refractivity contribution in [2.24, 2.45) is 10.2 Å². The quantitative estimate of drug-likeness (QED) is 0.232. The molecule has 0 N–H and O–H groups in total. The zero-order valence-corrected chi connectivity index (χ0v) is 23.6. The van der Waals surface area contributed by atoms with E-state index in [0.717, 1.165) is 59.3 Å². The highest BCUT2D eigenvalue weighted by atomic mass is 16.5. The number of quaternary nitrogens is 1. The highest BCUT2D eigenvalue weighted by Crippen LogP contribution is 2.43. The van der Waals surface area contributed by atoms with Gasteiger partial charge in [-0.05, 0) is 74.6 Å². The maximum Gasteiger partial charge on any atom is 0.316 e. The summed E-state index contributed by atoms with van der Waals surface area (Å²) in [5.41, 5.74) is 5.30.